The Morgan fingerprint density at radius 2 is 1.91 bits per heavy atom. The molecule has 10 heteroatoms. The molecule has 0 radical (unpaired) electrons. The predicted molar refractivity (Wildman–Crippen MR) is 117 cm³/mol. The molecule has 170 valence electrons. The number of hydrogen-bond donors (Lipinski definition) is 0. The monoisotopic (exact) mass is 453 g/mol. The maximum Gasteiger partial charge on any atom is 0.343 e. The van der Waals surface area contributed by atoms with Crippen LogP contribution in [0, 0.1) is 19.7 Å². The number of aromatic nitrogens is 3. The van der Waals surface area contributed by atoms with E-state index in [9.17, 15) is 18.8 Å². The standard InChI is InChI=1S/C23H20FN3O6/c1-12-5-6-18(32-11-21(29)31-4)14(7-12)22-15-9-17(16(24)10-19(15)33-25-22)27-20(28)8-13(2)26(3)23(27)30/h5-10H,11H2,1-4H3. The highest BCUT2D eigenvalue weighted by Crippen LogP contribution is 2.36. The molecule has 0 fully saturated rings. The number of carbonyl (C=O) groups is 1. The van der Waals surface area contributed by atoms with Crippen LogP contribution in [0.15, 0.2) is 50.5 Å². The van der Waals surface area contributed by atoms with Gasteiger partial charge in [-0.2, -0.15) is 0 Å². The van der Waals surface area contributed by atoms with Gasteiger partial charge in [0.1, 0.15) is 11.4 Å². The first-order valence-electron chi connectivity index (χ1n) is 9.91. The molecule has 0 unspecified atom stereocenters. The normalized spacial score (nSPS) is 11.1. The smallest absolute Gasteiger partial charge is 0.343 e. The van der Waals surface area contributed by atoms with Gasteiger partial charge < -0.3 is 18.6 Å². The summed E-state index contributed by atoms with van der Waals surface area (Å²) >= 11 is 0. The predicted octanol–water partition coefficient (Wildman–Crippen LogP) is 2.65. The average molecular weight is 453 g/mol. The number of ether oxygens (including phenoxy) is 2. The lowest BCUT2D eigenvalue weighted by molar-refractivity contribution is -0.142. The van der Waals surface area contributed by atoms with Crippen LogP contribution in [0.5, 0.6) is 5.75 Å². The molecule has 0 N–H and O–H groups in total. The molecule has 4 rings (SSSR count). The van der Waals surface area contributed by atoms with Gasteiger partial charge in [0.2, 0.25) is 0 Å². The Kier molecular flexibility index (Phi) is 5.59. The van der Waals surface area contributed by atoms with E-state index in [1.807, 2.05) is 6.92 Å². The lowest BCUT2D eigenvalue weighted by Crippen LogP contribution is -2.38. The number of rotatable bonds is 5. The molecule has 33 heavy (non-hydrogen) atoms. The molecule has 9 nitrogen and oxygen atoms in total. The Hall–Kier alpha value is -4.21. The Morgan fingerprint density at radius 1 is 1.15 bits per heavy atom. The van der Waals surface area contributed by atoms with Gasteiger partial charge in [-0.25, -0.2) is 18.5 Å². The molecule has 0 aliphatic carbocycles. The van der Waals surface area contributed by atoms with Crippen LogP contribution in [0.2, 0.25) is 0 Å². The van der Waals surface area contributed by atoms with Crippen molar-refractivity contribution in [3.8, 4) is 22.7 Å². The summed E-state index contributed by atoms with van der Waals surface area (Å²) in [6, 6.07) is 8.87. The van der Waals surface area contributed by atoms with E-state index in [0.717, 1.165) is 16.2 Å². The second kappa shape index (κ2) is 8.38. The van der Waals surface area contributed by atoms with Gasteiger partial charge in [0.15, 0.2) is 18.0 Å². The maximum atomic E-state index is 14.9. The highest BCUT2D eigenvalue weighted by Gasteiger charge is 2.21. The van der Waals surface area contributed by atoms with Crippen molar-refractivity contribution in [3.63, 3.8) is 0 Å². The van der Waals surface area contributed by atoms with Gasteiger partial charge in [0, 0.05) is 30.4 Å². The molecule has 0 amide bonds. The highest BCUT2D eigenvalue weighted by atomic mass is 19.1. The minimum absolute atomic E-state index is 0.114. The molecule has 2 aromatic carbocycles. The number of hydrogen-bond acceptors (Lipinski definition) is 7. The summed E-state index contributed by atoms with van der Waals surface area (Å²) in [5.41, 5.74) is 0.633. The lowest BCUT2D eigenvalue weighted by atomic mass is 10.0. The number of esters is 1. The van der Waals surface area contributed by atoms with Crippen molar-refractivity contribution in [2.45, 2.75) is 13.8 Å². The summed E-state index contributed by atoms with van der Waals surface area (Å²) < 4.78 is 32.4. The average Bonchev–Trinajstić information content (AvgIpc) is 3.18. The van der Waals surface area contributed by atoms with Crippen LogP contribution in [-0.2, 0) is 16.6 Å². The van der Waals surface area contributed by atoms with Crippen LogP contribution in [0.1, 0.15) is 11.3 Å². The number of nitrogens with zero attached hydrogens (tertiary/aromatic N) is 3. The van der Waals surface area contributed by atoms with E-state index in [-0.39, 0.29) is 17.9 Å². The lowest BCUT2D eigenvalue weighted by Gasteiger charge is -2.11. The van der Waals surface area contributed by atoms with Gasteiger partial charge in [-0.3, -0.25) is 4.79 Å². The van der Waals surface area contributed by atoms with Gasteiger partial charge in [-0.1, -0.05) is 16.8 Å². The van der Waals surface area contributed by atoms with Gasteiger partial charge in [0.05, 0.1) is 18.2 Å². The zero-order chi connectivity index (χ0) is 23.9. The summed E-state index contributed by atoms with van der Waals surface area (Å²) in [5, 5.41) is 4.41. The summed E-state index contributed by atoms with van der Waals surface area (Å²) in [5.74, 6) is -1.05. The van der Waals surface area contributed by atoms with Crippen molar-refractivity contribution in [1.82, 2.24) is 14.3 Å². The van der Waals surface area contributed by atoms with Crippen LogP contribution < -0.4 is 16.0 Å². The second-order valence-electron chi connectivity index (χ2n) is 7.50. The number of fused-ring (bicyclic) bond motifs is 1. The van der Waals surface area contributed by atoms with Gasteiger partial charge in [-0.05, 0) is 32.0 Å². The van der Waals surface area contributed by atoms with E-state index in [2.05, 4.69) is 9.89 Å². The first-order valence-corrected chi connectivity index (χ1v) is 9.91. The van der Waals surface area contributed by atoms with E-state index in [1.165, 1.54) is 30.9 Å². The fourth-order valence-electron chi connectivity index (χ4n) is 3.42. The topological polar surface area (TPSA) is 106 Å². The second-order valence-corrected chi connectivity index (χ2v) is 7.50. The van der Waals surface area contributed by atoms with Crippen molar-refractivity contribution in [2.75, 3.05) is 13.7 Å². The van der Waals surface area contributed by atoms with Gasteiger partial charge in [-0.15, -0.1) is 0 Å². The molecule has 0 saturated carbocycles. The minimum Gasteiger partial charge on any atom is -0.481 e. The number of benzene rings is 2. The maximum absolute atomic E-state index is 14.9. The molecular formula is C23H20FN3O6. The molecule has 0 saturated heterocycles. The molecule has 4 aromatic rings. The molecule has 0 bridgehead atoms. The molecular weight excluding hydrogens is 433 g/mol. The number of aryl methyl sites for hydroxylation is 2. The highest BCUT2D eigenvalue weighted by molar-refractivity contribution is 5.94. The first kappa shape index (κ1) is 22.0. The Morgan fingerprint density at radius 3 is 2.64 bits per heavy atom. The summed E-state index contributed by atoms with van der Waals surface area (Å²) in [4.78, 5) is 36.8. The van der Waals surface area contributed by atoms with E-state index in [4.69, 9.17) is 9.26 Å². The van der Waals surface area contributed by atoms with Crippen LogP contribution in [0.4, 0.5) is 4.39 Å². The van der Waals surface area contributed by atoms with Crippen molar-refractivity contribution < 1.29 is 23.2 Å². The molecule has 0 spiro atoms. The van der Waals surface area contributed by atoms with Crippen molar-refractivity contribution in [2.24, 2.45) is 7.05 Å². The summed E-state index contributed by atoms with van der Waals surface area (Å²) in [7, 11) is 2.74. The fraction of sp³-hybridized carbons (Fsp3) is 0.217. The third-order valence-corrected chi connectivity index (χ3v) is 5.30. The van der Waals surface area contributed by atoms with Gasteiger partial charge >= 0.3 is 11.7 Å². The zero-order valence-corrected chi connectivity index (χ0v) is 18.3. The number of halogens is 1. The number of carbonyl (C=O) groups excluding carboxylic acids is 1. The van der Waals surface area contributed by atoms with Crippen LogP contribution in [0.25, 0.3) is 27.9 Å². The van der Waals surface area contributed by atoms with Crippen molar-refractivity contribution in [3.05, 3.63) is 74.3 Å². The van der Waals surface area contributed by atoms with E-state index in [0.29, 0.717) is 28.1 Å². The summed E-state index contributed by atoms with van der Waals surface area (Å²) in [6.07, 6.45) is 0. The van der Waals surface area contributed by atoms with Gasteiger partial charge in [0.25, 0.3) is 5.56 Å². The quantitative estimate of drug-likeness (QED) is 0.428. The Balaban J connectivity index is 1.93. The largest absolute Gasteiger partial charge is 0.481 e. The first-order chi connectivity index (χ1) is 15.7. The zero-order valence-electron chi connectivity index (χ0n) is 18.3. The Bertz CT molecular complexity index is 1520. The van der Waals surface area contributed by atoms with Crippen LogP contribution in [0.3, 0.4) is 0 Å². The molecule has 2 aromatic heterocycles. The molecule has 0 atom stereocenters. The molecule has 0 aliphatic rings. The van der Waals surface area contributed by atoms with Crippen LogP contribution >= 0.6 is 0 Å². The Labute approximate surface area is 186 Å². The van der Waals surface area contributed by atoms with E-state index < -0.39 is 23.0 Å². The fourth-order valence-corrected chi connectivity index (χ4v) is 3.42. The number of methoxy groups -OCH3 is 1. The third kappa shape index (κ3) is 3.91. The van der Waals surface area contributed by atoms with Crippen molar-refractivity contribution >= 4 is 16.9 Å². The van der Waals surface area contributed by atoms with Crippen molar-refractivity contribution in [1.29, 1.82) is 0 Å². The third-order valence-electron chi connectivity index (χ3n) is 5.30. The summed E-state index contributed by atoms with van der Waals surface area (Å²) in [6.45, 7) is 3.14. The molecule has 0 aliphatic heterocycles. The SMILES string of the molecule is COC(=O)COc1ccc(C)cc1-c1noc2cc(F)c(-n3c(=O)cc(C)n(C)c3=O)cc12. The van der Waals surface area contributed by atoms with E-state index >= 15 is 0 Å². The van der Waals surface area contributed by atoms with Crippen LogP contribution in [-0.4, -0.2) is 34.0 Å². The van der Waals surface area contributed by atoms with E-state index in [1.54, 1.807) is 25.1 Å². The minimum atomic E-state index is -0.820. The molecule has 2 heterocycles.